The molecule has 1 aliphatic rings. The van der Waals surface area contributed by atoms with E-state index in [1.54, 1.807) is 18.2 Å². The average molecular weight is 427 g/mol. The van der Waals surface area contributed by atoms with E-state index >= 15 is 0 Å². The van der Waals surface area contributed by atoms with E-state index in [2.05, 4.69) is 18.3 Å². The molecule has 0 fully saturated rings. The van der Waals surface area contributed by atoms with Crippen molar-refractivity contribution < 1.29 is 24.0 Å². The molecule has 7 nitrogen and oxygen atoms in total. The van der Waals surface area contributed by atoms with E-state index in [1.807, 2.05) is 44.0 Å². The SMILES string of the molecule is CCOc1ccc(NC(=O)C[NH+](C)CC(=O)N2c3ccccc3C[C@H]2C)cc1OCC. The summed E-state index contributed by atoms with van der Waals surface area (Å²) in [7, 11) is 1.86. The van der Waals surface area contributed by atoms with Gasteiger partial charge in [-0.2, -0.15) is 0 Å². The number of ether oxygens (including phenoxy) is 2. The molecule has 2 aromatic rings. The van der Waals surface area contributed by atoms with Crippen LogP contribution in [0.5, 0.6) is 11.5 Å². The van der Waals surface area contributed by atoms with Gasteiger partial charge in [-0.05, 0) is 51.0 Å². The molecule has 0 radical (unpaired) electrons. The zero-order valence-electron chi connectivity index (χ0n) is 18.7. The van der Waals surface area contributed by atoms with Gasteiger partial charge in [-0.15, -0.1) is 0 Å². The Kier molecular flexibility index (Phi) is 7.52. The number of hydrogen-bond donors (Lipinski definition) is 2. The summed E-state index contributed by atoms with van der Waals surface area (Å²) in [6.07, 6.45) is 0.862. The quantitative estimate of drug-likeness (QED) is 0.643. The van der Waals surface area contributed by atoms with Gasteiger partial charge in [-0.1, -0.05) is 18.2 Å². The number of nitrogens with one attached hydrogen (secondary N) is 2. The molecule has 1 heterocycles. The second kappa shape index (κ2) is 10.3. The van der Waals surface area contributed by atoms with E-state index in [9.17, 15) is 9.59 Å². The number of nitrogens with zero attached hydrogens (tertiary/aromatic N) is 1. The summed E-state index contributed by atoms with van der Waals surface area (Å²) >= 11 is 0. The van der Waals surface area contributed by atoms with Crippen molar-refractivity contribution in [3.63, 3.8) is 0 Å². The minimum Gasteiger partial charge on any atom is -0.490 e. The van der Waals surface area contributed by atoms with Crippen LogP contribution in [0.25, 0.3) is 0 Å². The largest absolute Gasteiger partial charge is 0.490 e. The summed E-state index contributed by atoms with van der Waals surface area (Å²) in [6.45, 7) is 7.34. The van der Waals surface area contributed by atoms with Gasteiger partial charge < -0.3 is 24.6 Å². The van der Waals surface area contributed by atoms with Gasteiger partial charge >= 0.3 is 0 Å². The molecule has 3 rings (SSSR count). The van der Waals surface area contributed by atoms with Crippen LogP contribution in [0.3, 0.4) is 0 Å². The molecule has 0 aromatic heterocycles. The van der Waals surface area contributed by atoms with Crippen molar-refractivity contribution in [3.8, 4) is 11.5 Å². The van der Waals surface area contributed by atoms with Crippen LogP contribution in [0.2, 0.25) is 0 Å². The Morgan fingerprint density at radius 2 is 1.77 bits per heavy atom. The Hall–Kier alpha value is -3.06. The molecule has 0 saturated heterocycles. The third-order valence-electron chi connectivity index (χ3n) is 5.22. The lowest BCUT2D eigenvalue weighted by Crippen LogP contribution is -3.11. The maximum atomic E-state index is 12.9. The van der Waals surface area contributed by atoms with Gasteiger partial charge in [0.05, 0.1) is 20.3 Å². The number of anilines is 2. The summed E-state index contributed by atoms with van der Waals surface area (Å²) in [6, 6.07) is 13.5. The van der Waals surface area contributed by atoms with Crippen LogP contribution in [0, 0.1) is 0 Å². The van der Waals surface area contributed by atoms with Gasteiger partial charge in [0.15, 0.2) is 24.6 Å². The minimum atomic E-state index is -0.160. The maximum Gasteiger partial charge on any atom is 0.282 e. The van der Waals surface area contributed by atoms with Crippen molar-refractivity contribution in [2.45, 2.75) is 33.2 Å². The summed E-state index contributed by atoms with van der Waals surface area (Å²) in [5.74, 6) is 1.12. The Bertz CT molecular complexity index is 931. The van der Waals surface area contributed by atoms with E-state index in [-0.39, 0.29) is 30.9 Å². The van der Waals surface area contributed by atoms with Crippen LogP contribution >= 0.6 is 0 Å². The molecule has 0 spiro atoms. The summed E-state index contributed by atoms with van der Waals surface area (Å²) in [5.41, 5.74) is 2.81. The van der Waals surface area contributed by atoms with Gasteiger partial charge in [0.25, 0.3) is 11.8 Å². The first-order valence-electron chi connectivity index (χ1n) is 10.8. The summed E-state index contributed by atoms with van der Waals surface area (Å²) in [5, 5.41) is 2.89. The molecule has 0 bridgehead atoms. The molecule has 1 unspecified atom stereocenters. The number of amides is 2. The van der Waals surface area contributed by atoms with Crippen molar-refractivity contribution in [3.05, 3.63) is 48.0 Å². The molecule has 0 saturated carbocycles. The lowest BCUT2D eigenvalue weighted by Gasteiger charge is -2.24. The molecular weight excluding hydrogens is 394 g/mol. The zero-order chi connectivity index (χ0) is 22.4. The first-order chi connectivity index (χ1) is 14.9. The lowest BCUT2D eigenvalue weighted by atomic mass is 10.1. The van der Waals surface area contributed by atoms with Crippen LogP contribution in [0.4, 0.5) is 11.4 Å². The highest BCUT2D eigenvalue weighted by molar-refractivity contribution is 5.97. The molecule has 2 atom stereocenters. The number of carbonyl (C=O) groups is 2. The molecular formula is C24H32N3O4+. The molecule has 1 aliphatic heterocycles. The number of hydrogen-bond acceptors (Lipinski definition) is 4. The molecule has 2 amide bonds. The topological polar surface area (TPSA) is 72.3 Å². The summed E-state index contributed by atoms with van der Waals surface area (Å²) < 4.78 is 11.2. The molecule has 7 heteroatoms. The standard InChI is InChI=1S/C24H31N3O4/c1-5-30-21-12-11-19(14-22(21)31-6-2)25-23(28)15-26(4)16-24(29)27-17(3)13-18-9-7-8-10-20(18)27/h7-12,14,17H,5-6,13,15-16H2,1-4H3,(H,25,28)/p+1/t17-/m1/s1. The molecule has 0 aliphatic carbocycles. The number of fused-ring (bicyclic) bond motifs is 1. The monoisotopic (exact) mass is 426 g/mol. The van der Waals surface area contributed by atoms with Gasteiger partial charge in [0.2, 0.25) is 0 Å². The fraction of sp³-hybridized carbons (Fsp3) is 0.417. The van der Waals surface area contributed by atoms with E-state index < -0.39 is 0 Å². The second-order valence-electron chi connectivity index (χ2n) is 7.83. The Morgan fingerprint density at radius 1 is 1.06 bits per heavy atom. The number of likely N-dealkylation sites (N-methyl/N-ethyl adjacent to an activating group) is 1. The fourth-order valence-electron chi connectivity index (χ4n) is 3.96. The number of para-hydroxylation sites is 1. The van der Waals surface area contributed by atoms with Crippen molar-refractivity contribution in [2.24, 2.45) is 0 Å². The highest BCUT2D eigenvalue weighted by Crippen LogP contribution is 2.32. The normalized spacial score (nSPS) is 15.9. The van der Waals surface area contributed by atoms with E-state index in [0.717, 1.165) is 17.0 Å². The number of rotatable bonds is 9. The van der Waals surface area contributed by atoms with Crippen LogP contribution < -0.4 is 24.6 Å². The Balaban J connectivity index is 1.57. The average Bonchev–Trinajstić information content (AvgIpc) is 3.05. The number of carbonyl (C=O) groups excluding carboxylic acids is 2. The van der Waals surface area contributed by atoms with Crippen molar-refractivity contribution in [1.82, 2.24) is 0 Å². The van der Waals surface area contributed by atoms with Gasteiger partial charge in [-0.3, -0.25) is 9.59 Å². The predicted octanol–water partition coefficient (Wildman–Crippen LogP) is 1.92. The smallest absolute Gasteiger partial charge is 0.282 e. The first-order valence-corrected chi connectivity index (χ1v) is 10.8. The zero-order valence-corrected chi connectivity index (χ0v) is 18.7. The predicted molar refractivity (Wildman–Crippen MR) is 121 cm³/mol. The van der Waals surface area contributed by atoms with E-state index in [1.165, 1.54) is 5.56 Å². The van der Waals surface area contributed by atoms with Gasteiger partial charge in [0, 0.05) is 23.5 Å². The fourth-order valence-corrected chi connectivity index (χ4v) is 3.96. The Morgan fingerprint density at radius 3 is 2.52 bits per heavy atom. The van der Waals surface area contributed by atoms with Crippen LogP contribution in [-0.2, 0) is 16.0 Å². The second-order valence-corrected chi connectivity index (χ2v) is 7.83. The van der Waals surface area contributed by atoms with Crippen LogP contribution in [0.1, 0.15) is 26.3 Å². The van der Waals surface area contributed by atoms with Crippen LogP contribution in [0.15, 0.2) is 42.5 Å². The van der Waals surface area contributed by atoms with Crippen molar-refractivity contribution in [2.75, 3.05) is 43.6 Å². The van der Waals surface area contributed by atoms with Gasteiger partial charge in [-0.25, -0.2) is 0 Å². The number of quaternary nitrogens is 1. The van der Waals surface area contributed by atoms with Gasteiger partial charge in [0.1, 0.15) is 0 Å². The summed E-state index contributed by atoms with van der Waals surface area (Å²) in [4.78, 5) is 28.2. The first kappa shape index (κ1) is 22.6. The van der Waals surface area contributed by atoms with E-state index in [0.29, 0.717) is 30.4 Å². The van der Waals surface area contributed by atoms with E-state index in [4.69, 9.17) is 9.47 Å². The Labute approximate surface area is 183 Å². The lowest BCUT2D eigenvalue weighted by molar-refractivity contribution is -0.862. The highest BCUT2D eigenvalue weighted by atomic mass is 16.5. The molecule has 2 aromatic carbocycles. The third kappa shape index (κ3) is 5.55. The third-order valence-corrected chi connectivity index (χ3v) is 5.22. The maximum absolute atomic E-state index is 12.9. The minimum absolute atomic E-state index is 0.0300. The molecule has 166 valence electrons. The number of benzene rings is 2. The molecule has 2 N–H and O–H groups in total. The van der Waals surface area contributed by atoms with Crippen molar-refractivity contribution in [1.29, 1.82) is 0 Å². The molecule has 31 heavy (non-hydrogen) atoms. The highest BCUT2D eigenvalue weighted by Gasteiger charge is 2.32. The van der Waals surface area contributed by atoms with Crippen LogP contribution in [-0.4, -0.2) is 51.2 Å². The van der Waals surface area contributed by atoms with Crippen molar-refractivity contribution >= 4 is 23.2 Å².